The third-order valence-corrected chi connectivity index (χ3v) is 5.90. The molecule has 1 aliphatic heterocycles. The molecule has 1 aliphatic rings. The van der Waals surface area contributed by atoms with Crippen LogP contribution in [-0.2, 0) is 4.79 Å². The van der Waals surface area contributed by atoms with Gasteiger partial charge in [0.2, 0.25) is 11.7 Å². The quantitative estimate of drug-likeness (QED) is 0.384. The Labute approximate surface area is 183 Å². The molecule has 162 valence electrons. The van der Waals surface area contributed by atoms with Gasteiger partial charge in [-0.25, -0.2) is 4.39 Å². The first-order valence-electron chi connectivity index (χ1n) is 10.5. The highest BCUT2D eigenvalue weighted by atomic mass is 19.1. The van der Waals surface area contributed by atoms with E-state index in [1.807, 2.05) is 24.3 Å². The summed E-state index contributed by atoms with van der Waals surface area (Å²) in [4.78, 5) is 35.3. The highest BCUT2D eigenvalue weighted by molar-refractivity contribution is 6.45. The number of Topliss-reactive ketones (excluding diaryl/α,β-unsaturated/α-hetero) is 1. The SMILES string of the molecule is Cc1[nH]c2ccccc2c1C(=O)C(=O)N1CCCC(c2nc(-c3cccc(F)c3)no2)C1. The maximum Gasteiger partial charge on any atom is 0.295 e. The number of carbonyl (C=O) groups excluding carboxylic acids is 2. The number of likely N-dealkylation sites (tertiary alicyclic amines) is 1. The number of hydrogen-bond donors (Lipinski definition) is 1. The van der Waals surface area contributed by atoms with Gasteiger partial charge in [-0.2, -0.15) is 4.98 Å². The maximum absolute atomic E-state index is 13.5. The smallest absolute Gasteiger partial charge is 0.295 e. The summed E-state index contributed by atoms with van der Waals surface area (Å²) in [5, 5.41) is 4.71. The summed E-state index contributed by atoms with van der Waals surface area (Å²) >= 11 is 0. The molecule has 0 aliphatic carbocycles. The van der Waals surface area contributed by atoms with Gasteiger partial charge in [0.1, 0.15) is 5.82 Å². The molecular weight excluding hydrogens is 411 g/mol. The third kappa shape index (κ3) is 3.57. The van der Waals surface area contributed by atoms with Gasteiger partial charge in [-0.1, -0.05) is 35.5 Å². The van der Waals surface area contributed by atoms with Crippen molar-refractivity contribution >= 4 is 22.6 Å². The van der Waals surface area contributed by atoms with Crippen LogP contribution in [0.2, 0.25) is 0 Å². The molecule has 1 N–H and O–H groups in total. The minimum atomic E-state index is -0.535. The van der Waals surface area contributed by atoms with E-state index < -0.39 is 11.7 Å². The van der Waals surface area contributed by atoms with Crippen LogP contribution in [0.4, 0.5) is 4.39 Å². The first kappa shape index (κ1) is 20.1. The number of amides is 1. The molecule has 5 rings (SSSR count). The van der Waals surface area contributed by atoms with E-state index in [0.29, 0.717) is 48.0 Å². The molecule has 1 atom stereocenters. The van der Waals surface area contributed by atoms with Gasteiger partial charge in [-0.3, -0.25) is 9.59 Å². The van der Waals surface area contributed by atoms with Crippen LogP contribution >= 0.6 is 0 Å². The van der Waals surface area contributed by atoms with E-state index in [2.05, 4.69) is 15.1 Å². The van der Waals surface area contributed by atoms with E-state index in [4.69, 9.17) is 4.52 Å². The number of hydrogen-bond acceptors (Lipinski definition) is 5. The van der Waals surface area contributed by atoms with Gasteiger partial charge in [0.15, 0.2) is 0 Å². The molecule has 1 saturated heterocycles. The standard InChI is InChI=1S/C24H21FN4O3/c1-14-20(18-9-2-3-10-19(18)26-14)21(30)24(31)29-11-5-7-16(13-29)23-27-22(28-32-23)15-6-4-8-17(25)12-15/h2-4,6,8-10,12,16,26H,5,7,11,13H2,1H3. The fourth-order valence-corrected chi connectivity index (χ4v) is 4.33. The van der Waals surface area contributed by atoms with Crippen molar-refractivity contribution in [1.29, 1.82) is 0 Å². The molecule has 1 fully saturated rings. The van der Waals surface area contributed by atoms with Crippen molar-refractivity contribution in [3.63, 3.8) is 0 Å². The number of nitrogens with one attached hydrogen (secondary N) is 1. The number of piperidine rings is 1. The Morgan fingerprint density at radius 2 is 2.03 bits per heavy atom. The molecule has 0 bridgehead atoms. The molecule has 8 heteroatoms. The van der Waals surface area contributed by atoms with E-state index in [0.717, 1.165) is 17.3 Å². The second kappa shape index (κ2) is 8.03. The van der Waals surface area contributed by atoms with Gasteiger partial charge in [0, 0.05) is 35.2 Å². The first-order valence-corrected chi connectivity index (χ1v) is 10.5. The number of halogens is 1. The van der Waals surface area contributed by atoms with Crippen molar-refractivity contribution in [2.45, 2.75) is 25.7 Å². The Balaban J connectivity index is 1.35. The summed E-state index contributed by atoms with van der Waals surface area (Å²) < 4.78 is 18.9. The summed E-state index contributed by atoms with van der Waals surface area (Å²) in [6, 6.07) is 13.4. The van der Waals surface area contributed by atoms with Crippen LogP contribution in [0.25, 0.3) is 22.3 Å². The molecule has 4 aromatic rings. The monoisotopic (exact) mass is 432 g/mol. The number of aromatic nitrogens is 3. The topological polar surface area (TPSA) is 92.1 Å². The Morgan fingerprint density at radius 3 is 2.88 bits per heavy atom. The Hall–Kier alpha value is -3.81. The molecule has 3 heterocycles. The van der Waals surface area contributed by atoms with Gasteiger partial charge >= 0.3 is 0 Å². The van der Waals surface area contributed by atoms with E-state index in [1.165, 1.54) is 12.1 Å². The van der Waals surface area contributed by atoms with Crippen molar-refractivity contribution in [3.05, 3.63) is 71.5 Å². The van der Waals surface area contributed by atoms with Crippen LogP contribution in [0.1, 0.15) is 40.7 Å². The summed E-state index contributed by atoms with van der Waals surface area (Å²) in [7, 11) is 0. The van der Waals surface area contributed by atoms with Crippen LogP contribution < -0.4 is 0 Å². The molecule has 32 heavy (non-hydrogen) atoms. The van der Waals surface area contributed by atoms with Crippen molar-refractivity contribution in [2.75, 3.05) is 13.1 Å². The average molecular weight is 432 g/mol. The predicted molar refractivity (Wildman–Crippen MR) is 116 cm³/mol. The Morgan fingerprint density at radius 1 is 1.19 bits per heavy atom. The zero-order valence-corrected chi connectivity index (χ0v) is 17.5. The number of H-pyrrole nitrogens is 1. The molecule has 0 radical (unpaired) electrons. The number of benzene rings is 2. The lowest BCUT2D eigenvalue weighted by Crippen LogP contribution is -2.42. The van der Waals surface area contributed by atoms with Crippen LogP contribution in [0, 0.1) is 12.7 Å². The lowest BCUT2D eigenvalue weighted by atomic mass is 9.96. The molecule has 1 unspecified atom stereocenters. The van der Waals surface area contributed by atoms with Gasteiger partial charge in [0.05, 0.1) is 11.5 Å². The number of aryl methyl sites for hydroxylation is 1. The molecule has 7 nitrogen and oxygen atoms in total. The average Bonchev–Trinajstić information content (AvgIpc) is 3.42. The predicted octanol–water partition coefficient (Wildman–Crippen LogP) is 4.25. The summed E-state index contributed by atoms with van der Waals surface area (Å²) in [6.45, 7) is 2.61. The number of fused-ring (bicyclic) bond motifs is 1. The molecule has 2 aromatic heterocycles. The molecule has 0 saturated carbocycles. The number of para-hydroxylation sites is 1. The van der Waals surface area contributed by atoms with Crippen molar-refractivity contribution in [2.24, 2.45) is 0 Å². The first-order chi connectivity index (χ1) is 15.5. The van der Waals surface area contributed by atoms with Crippen molar-refractivity contribution < 1.29 is 18.5 Å². The number of carbonyl (C=O) groups is 2. The molecule has 1 amide bonds. The second-order valence-corrected chi connectivity index (χ2v) is 8.06. The third-order valence-electron chi connectivity index (χ3n) is 5.90. The highest BCUT2D eigenvalue weighted by Crippen LogP contribution is 2.29. The number of rotatable bonds is 4. The van der Waals surface area contributed by atoms with E-state index in [9.17, 15) is 14.0 Å². The number of nitrogens with zero attached hydrogens (tertiary/aromatic N) is 3. The summed E-state index contributed by atoms with van der Waals surface area (Å²) in [6.07, 6.45) is 1.48. The Kier molecular flexibility index (Phi) is 5.05. The van der Waals surface area contributed by atoms with E-state index in [-0.39, 0.29) is 11.7 Å². The zero-order chi connectivity index (χ0) is 22.2. The van der Waals surface area contributed by atoms with Crippen LogP contribution in [0.3, 0.4) is 0 Å². The molecule has 0 spiro atoms. The van der Waals surface area contributed by atoms with Crippen molar-refractivity contribution in [1.82, 2.24) is 20.0 Å². The largest absolute Gasteiger partial charge is 0.358 e. The van der Waals surface area contributed by atoms with E-state index in [1.54, 1.807) is 24.0 Å². The van der Waals surface area contributed by atoms with Gasteiger partial charge in [0.25, 0.3) is 11.7 Å². The number of aromatic amines is 1. The molecular formula is C24H21FN4O3. The molecule has 2 aromatic carbocycles. The van der Waals surface area contributed by atoms with Gasteiger partial charge in [-0.15, -0.1) is 0 Å². The maximum atomic E-state index is 13.5. The highest BCUT2D eigenvalue weighted by Gasteiger charge is 2.33. The fourth-order valence-electron chi connectivity index (χ4n) is 4.33. The summed E-state index contributed by atoms with van der Waals surface area (Å²) in [5.41, 5.74) is 2.44. The van der Waals surface area contributed by atoms with Crippen molar-refractivity contribution in [3.8, 4) is 11.4 Å². The summed E-state index contributed by atoms with van der Waals surface area (Å²) in [5.74, 6) is -0.932. The lowest BCUT2D eigenvalue weighted by molar-refractivity contribution is -0.127. The minimum absolute atomic E-state index is 0.181. The normalized spacial score (nSPS) is 16.4. The van der Waals surface area contributed by atoms with E-state index >= 15 is 0 Å². The van der Waals surface area contributed by atoms with Crippen LogP contribution in [0.15, 0.2) is 53.1 Å². The van der Waals surface area contributed by atoms with Crippen LogP contribution in [-0.4, -0.2) is 44.8 Å². The minimum Gasteiger partial charge on any atom is -0.358 e. The fraction of sp³-hybridized carbons (Fsp3) is 0.250. The second-order valence-electron chi connectivity index (χ2n) is 8.06. The lowest BCUT2D eigenvalue weighted by Gasteiger charge is -2.30. The van der Waals surface area contributed by atoms with Gasteiger partial charge in [-0.05, 0) is 38.0 Å². The number of ketones is 1. The Bertz CT molecular complexity index is 1330. The van der Waals surface area contributed by atoms with Gasteiger partial charge < -0.3 is 14.4 Å². The zero-order valence-electron chi connectivity index (χ0n) is 17.5. The van der Waals surface area contributed by atoms with Crippen LogP contribution in [0.5, 0.6) is 0 Å².